The zero-order valence-corrected chi connectivity index (χ0v) is 33.9. The fourth-order valence-corrected chi connectivity index (χ4v) is 9.50. The van der Waals surface area contributed by atoms with E-state index in [0.29, 0.717) is 0 Å². The number of nitrogens with zero attached hydrogens (tertiary/aromatic N) is 1. The van der Waals surface area contributed by atoms with Crippen LogP contribution in [0.3, 0.4) is 0 Å². The minimum atomic E-state index is 0.900. The van der Waals surface area contributed by atoms with Crippen molar-refractivity contribution in [2.75, 3.05) is 4.90 Å². The molecule has 0 fully saturated rings. The predicted octanol–water partition coefficient (Wildman–Crippen LogP) is 17.2. The molecule has 2 nitrogen and oxygen atoms in total. The summed E-state index contributed by atoms with van der Waals surface area (Å²) in [6.07, 6.45) is 0. The highest BCUT2D eigenvalue weighted by Gasteiger charge is 2.20. The highest BCUT2D eigenvalue weighted by atomic mass is 16.3. The fraction of sp³-hybridized carbons (Fsp3) is 0. The molecule has 1 heterocycles. The van der Waals surface area contributed by atoms with Crippen LogP contribution in [0, 0.1) is 0 Å². The molecule has 62 heavy (non-hydrogen) atoms. The van der Waals surface area contributed by atoms with Gasteiger partial charge in [-0.2, -0.15) is 0 Å². The number of para-hydroxylation sites is 2. The van der Waals surface area contributed by atoms with E-state index in [1.165, 1.54) is 60.1 Å². The van der Waals surface area contributed by atoms with Crippen molar-refractivity contribution in [1.82, 2.24) is 0 Å². The molecule has 0 atom stereocenters. The summed E-state index contributed by atoms with van der Waals surface area (Å²) in [6.45, 7) is 0. The molecule has 0 aliphatic rings. The Balaban J connectivity index is 0.982. The van der Waals surface area contributed by atoms with Gasteiger partial charge < -0.3 is 9.32 Å². The predicted molar refractivity (Wildman–Crippen MR) is 263 cm³/mol. The van der Waals surface area contributed by atoms with E-state index in [2.05, 4.69) is 235 Å². The summed E-state index contributed by atoms with van der Waals surface area (Å²) in [5.41, 5.74) is 14.4. The average Bonchev–Trinajstić information content (AvgIpc) is 3.74. The van der Waals surface area contributed by atoms with Crippen LogP contribution < -0.4 is 4.90 Å². The Kier molecular flexibility index (Phi) is 8.53. The summed E-state index contributed by atoms with van der Waals surface area (Å²) in [7, 11) is 0. The first-order valence-corrected chi connectivity index (χ1v) is 21.2. The first-order chi connectivity index (χ1) is 30.7. The van der Waals surface area contributed by atoms with Crippen molar-refractivity contribution < 1.29 is 4.42 Å². The van der Waals surface area contributed by atoms with Crippen LogP contribution in [0.25, 0.3) is 98.8 Å². The van der Waals surface area contributed by atoms with Gasteiger partial charge in [0.15, 0.2) is 0 Å². The molecule has 0 N–H and O–H groups in total. The Morgan fingerprint density at radius 2 is 0.790 bits per heavy atom. The molecule has 12 aromatic rings. The highest BCUT2D eigenvalue weighted by molar-refractivity contribution is 6.15. The summed E-state index contributed by atoms with van der Waals surface area (Å²) in [5.74, 6) is 0. The van der Waals surface area contributed by atoms with E-state index < -0.39 is 0 Å². The standard InChI is InChI=1S/C60H39NO/c1-2-13-40(14-3-1)41-25-32-46(33-26-41)61(48-36-29-44(30-37-48)57-39-45-16-5-6-17-49(45)52-19-8-9-20-53(52)57)47-34-27-43(28-35-47)51-38-31-42-15-4-7-18-50(42)59(51)56-23-12-22-55-54-21-10-11-24-58(54)62-60(55)56/h1-39H. The lowest BCUT2D eigenvalue weighted by atomic mass is 9.89. The molecule has 0 radical (unpaired) electrons. The molecule has 2 heteroatoms. The zero-order chi connectivity index (χ0) is 41.0. The van der Waals surface area contributed by atoms with Gasteiger partial charge in [0.25, 0.3) is 0 Å². The summed E-state index contributed by atoms with van der Waals surface area (Å²) in [4.78, 5) is 2.36. The Morgan fingerprint density at radius 3 is 1.50 bits per heavy atom. The largest absolute Gasteiger partial charge is 0.455 e. The van der Waals surface area contributed by atoms with E-state index in [9.17, 15) is 0 Å². The van der Waals surface area contributed by atoms with Crippen molar-refractivity contribution in [3.8, 4) is 44.5 Å². The number of hydrogen-bond donors (Lipinski definition) is 0. The minimum Gasteiger partial charge on any atom is -0.455 e. The van der Waals surface area contributed by atoms with Crippen molar-refractivity contribution in [2.45, 2.75) is 0 Å². The van der Waals surface area contributed by atoms with Gasteiger partial charge in [-0.05, 0) is 114 Å². The van der Waals surface area contributed by atoms with Crippen LogP contribution in [0.5, 0.6) is 0 Å². The number of rotatable bonds is 7. The topological polar surface area (TPSA) is 16.4 Å². The lowest BCUT2D eigenvalue weighted by molar-refractivity contribution is 0.670. The Hall–Kier alpha value is -8.20. The van der Waals surface area contributed by atoms with Crippen LogP contribution in [0.15, 0.2) is 241 Å². The molecule has 0 unspecified atom stereocenters. The summed E-state index contributed by atoms with van der Waals surface area (Å²) in [6, 6.07) is 85.4. The molecule has 0 spiro atoms. The highest BCUT2D eigenvalue weighted by Crippen LogP contribution is 2.45. The molecule has 0 bridgehead atoms. The molecule has 1 aromatic heterocycles. The number of benzene rings is 11. The van der Waals surface area contributed by atoms with Crippen LogP contribution in [-0.2, 0) is 0 Å². The SMILES string of the molecule is c1ccc(-c2ccc(N(c3ccc(-c4ccc5ccccc5c4-c4cccc5c4oc4ccccc45)cc3)c3ccc(-c4cc5ccccc5c5ccccc45)cc3)cc2)cc1. The monoisotopic (exact) mass is 789 g/mol. The molecule has 0 saturated heterocycles. The fourth-order valence-electron chi connectivity index (χ4n) is 9.50. The minimum absolute atomic E-state index is 0.900. The van der Waals surface area contributed by atoms with Crippen LogP contribution in [0.1, 0.15) is 0 Å². The van der Waals surface area contributed by atoms with Crippen LogP contribution >= 0.6 is 0 Å². The summed E-state index contributed by atoms with van der Waals surface area (Å²) >= 11 is 0. The van der Waals surface area contributed by atoms with Gasteiger partial charge in [-0.1, -0.05) is 188 Å². The van der Waals surface area contributed by atoms with Gasteiger partial charge in [0.2, 0.25) is 0 Å². The number of fused-ring (bicyclic) bond motifs is 7. The van der Waals surface area contributed by atoms with Crippen LogP contribution in [-0.4, -0.2) is 0 Å². The van der Waals surface area contributed by atoms with E-state index >= 15 is 0 Å². The number of anilines is 3. The van der Waals surface area contributed by atoms with Gasteiger partial charge >= 0.3 is 0 Å². The molecule has 12 rings (SSSR count). The normalized spacial score (nSPS) is 11.5. The van der Waals surface area contributed by atoms with Crippen molar-refractivity contribution >= 4 is 71.3 Å². The van der Waals surface area contributed by atoms with Crippen molar-refractivity contribution in [3.63, 3.8) is 0 Å². The second-order valence-electron chi connectivity index (χ2n) is 16.0. The van der Waals surface area contributed by atoms with Gasteiger partial charge in [-0.25, -0.2) is 0 Å². The maximum atomic E-state index is 6.63. The third-order valence-electron chi connectivity index (χ3n) is 12.5. The van der Waals surface area contributed by atoms with Gasteiger partial charge in [0, 0.05) is 39.0 Å². The molecule has 0 amide bonds. The third-order valence-corrected chi connectivity index (χ3v) is 12.5. The first-order valence-electron chi connectivity index (χ1n) is 21.2. The average molecular weight is 790 g/mol. The van der Waals surface area contributed by atoms with E-state index in [1.807, 2.05) is 6.07 Å². The van der Waals surface area contributed by atoms with Crippen LogP contribution in [0.2, 0.25) is 0 Å². The second kappa shape index (κ2) is 14.8. The lowest BCUT2D eigenvalue weighted by Crippen LogP contribution is -2.09. The van der Waals surface area contributed by atoms with E-state index in [4.69, 9.17) is 4.42 Å². The second-order valence-corrected chi connectivity index (χ2v) is 16.0. The quantitative estimate of drug-likeness (QED) is 0.150. The first kappa shape index (κ1) is 35.7. The Labute approximate surface area is 360 Å². The molecular formula is C60H39NO. The molecular weight excluding hydrogens is 751 g/mol. The smallest absolute Gasteiger partial charge is 0.143 e. The molecule has 0 aliphatic carbocycles. The van der Waals surface area contributed by atoms with Gasteiger partial charge in [-0.3, -0.25) is 0 Å². The van der Waals surface area contributed by atoms with Crippen molar-refractivity contribution in [1.29, 1.82) is 0 Å². The zero-order valence-electron chi connectivity index (χ0n) is 33.9. The maximum Gasteiger partial charge on any atom is 0.143 e. The summed E-state index contributed by atoms with van der Waals surface area (Å²) < 4.78 is 6.63. The number of hydrogen-bond acceptors (Lipinski definition) is 2. The van der Waals surface area contributed by atoms with Gasteiger partial charge in [0.05, 0.1) is 0 Å². The molecule has 290 valence electrons. The number of furan rings is 1. The van der Waals surface area contributed by atoms with E-state index in [1.54, 1.807) is 0 Å². The van der Waals surface area contributed by atoms with Crippen molar-refractivity contribution in [2.24, 2.45) is 0 Å². The molecule has 11 aromatic carbocycles. The lowest BCUT2D eigenvalue weighted by Gasteiger charge is -2.26. The van der Waals surface area contributed by atoms with Crippen LogP contribution in [0.4, 0.5) is 17.1 Å². The van der Waals surface area contributed by atoms with E-state index in [-0.39, 0.29) is 0 Å². The third kappa shape index (κ3) is 6.04. The molecule has 0 saturated carbocycles. The van der Waals surface area contributed by atoms with Gasteiger partial charge in [-0.15, -0.1) is 0 Å². The van der Waals surface area contributed by atoms with E-state index in [0.717, 1.165) is 55.7 Å². The maximum absolute atomic E-state index is 6.63. The Bertz CT molecular complexity index is 3600. The Morgan fingerprint density at radius 1 is 0.274 bits per heavy atom. The molecule has 0 aliphatic heterocycles. The van der Waals surface area contributed by atoms with Crippen molar-refractivity contribution in [3.05, 3.63) is 237 Å². The van der Waals surface area contributed by atoms with Gasteiger partial charge in [0.1, 0.15) is 11.2 Å². The summed E-state index contributed by atoms with van der Waals surface area (Å²) in [5, 5.41) is 9.70.